The maximum absolute atomic E-state index is 12.4. The van der Waals surface area contributed by atoms with Crippen molar-refractivity contribution in [3.63, 3.8) is 0 Å². The number of aryl methyl sites for hydroxylation is 1. The fourth-order valence-corrected chi connectivity index (χ4v) is 4.41. The summed E-state index contributed by atoms with van der Waals surface area (Å²) in [6, 6.07) is 6.92. The van der Waals surface area contributed by atoms with Crippen molar-refractivity contribution in [2.45, 2.75) is 11.1 Å². The van der Waals surface area contributed by atoms with Crippen molar-refractivity contribution in [3.05, 3.63) is 34.4 Å². The van der Waals surface area contributed by atoms with E-state index in [1.54, 1.807) is 0 Å². The smallest absolute Gasteiger partial charge is 0.261 e. The minimum atomic E-state index is -3.74. The van der Waals surface area contributed by atoms with Gasteiger partial charge in [0.25, 0.3) is 10.0 Å². The number of benzene rings is 1. The van der Waals surface area contributed by atoms with Crippen LogP contribution >= 0.6 is 15.9 Å². The molecule has 2 heterocycles. The third kappa shape index (κ3) is 2.21. The number of rotatable bonds is 3. The first-order valence-electron chi connectivity index (χ1n) is 5.78. The molecule has 2 aromatic rings. The van der Waals surface area contributed by atoms with Crippen LogP contribution in [0.3, 0.4) is 0 Å². The zero-order valence-corrected chi connectivity index (χ0v) is 12.8. The standard InChI is InChI=1S/C11H11BrN4O3S/c1-16-11(10(12)13-15-16)20(17,18)14-8-6-19-9-5-3-2-4-7(8)9/h2-5,8,14H,6H2,1H3. The van der Waals surface area contributed by atoms with Crippen molar-refractivity contribution < 1.29 is 13.2 Å². The molecule has 0 saturated heterocycles. The summed E-state index contributed by atoms with van der Waals surface area (Å²) in [5.74, 6) is 0.697. The molecular formula is C11H11BrN4O3S. The van der Waals surface area contributed by atoms with Gasteiger partial charge in [-0.2, -0.15) is 4.72 Å². The van der Waals surface area contributed by atoms with Crippen LogP contribution < -0.4 is 9.46 Å². The maximum atomic E-state index is 12.4. The van der Waals surface area contributed by atoms with Crippen molar-refractivity contribution in [2.24, 2.45) is 7.05 Å². The number of fused-ring (bicyclic) bond motifs is 1. The summed E-state index contributed by atoms with van der Waals surface area (Å²) in [7, 11) is -2.22. The van der Waals surface area contributed by atoms with Gasteiger partial charge >= 0.3 is 0 Å². The van der Waals surface area contributed by atoms with Gasteiger partial charge in [-0.1, -0.05) is 23.4 Å². The van der Waals surface area contributed by atoms with Crippen LogP contribution in [0.15, 0.2) is 33.9 Å². The van der Waals surface area contributed by atoms with E-state index in [1.165, 1.54) is 11.7 Å². The Hall–Kier alpha value is -1.45. The summed E-state index contributed by atoms with van der Waals surface area (Å²) in [5.41, 5.74) is 0.822. The van der Waals surface area contributed by atoms with Gasteiger partial charge in [0.2, 0.25) is 5.03 Å². The zero-order valence-electron chi connectivity index (χ0n) is 10.4. The number of halogens is 1. The minimum absolute atomic E-state index is 0.0121. The van der Waals surface area contributed by atoms with Crippen molar-refractivity contribution in [2.75, 3.05) is 6.61 Å². The molecule has 3 rings (SSSR count). The van der Waals surface area contributed by atoms with Gasteiger partial charge in [-0.05, 0) is 22.0 Å². The minimum Gasteiger partial charge on any atom is -0.491 e. The van der Waals surface area contributed by atoms with E-state index in [1.807, 2.05) is 24.3 Å². The molecule has 1 aliphatic rings. The predicted molar refractivity (Wildman–Crippen MR) is 73.7 cm³/mol. The van der Waals surface area contributed by atoms with E-state index >= 15 is 0 Å². The molecule has 0 radical (unpaired) electrons. The summed E-state index contributed by atoms with van der Waals surface area (Å²) >= 11 is 3.09. The molecule has 20 heavy (non-hydrogen) atoms. The van der Waals surface area contributed by atoms with Gasteiger partial charge in [-0.3, -0.25) is 0 Å². The van der Waals surface area contributed by atoms with E-state index in [0.717, 1.165) is 5.56 Å². The summed E-state index contributed by atoms with van der Waals surface area (Å²) in [5, 5.41) is 7.34. The normalized spacial score (nSPS) is 17.8. The van der Waals surface area contributed by atoms with Crippen LogP contribution in [-0.2, 0) is 17.1 Å². The second-order valence-corrected chi connectivity index (χ2v) is 6.71. The molecule has 0 bridgehead atoms. The number of aromatic nitrogens is 3. The topological polar surface area (TPSA) is 86.1 Å². The molecule has 1 atom stereocenters. The first kappa shape index (κ1) is 13.5. The number of hydrogen-bond donors (Lipinski definition) is 1. The SMILES string of the molecule is Cn1nnc(Br)c1S(=O)(=O)NC1COc2ccccc21. The van der Waals surface area contributed by atoms with Gasteiger partial charge in [0.15, 0.2) is 4.60 Å². The molecule has 0 aliphatic carbocycles. The monoisotopic (exact) mass is 358 g/mol. The summed E-state index contributed by atoms with van der Waals surface area (Å²) < 4.78 is 34.3. The Morgan fingerprint density at radius 2 is 2.20 bits per heavy atom. The summed E-state index contributed by atoms with van der Waals surface area (Å²) in [6.45, 7) is 0.265. The third-order valence-corrected chi connectivity index (χ3v) is 5.35. The zero-order chi connectivity index (χ0) is 14.3. The van der Waals surface area contributed by atoms with E-state index in [9.17, 15) is 8.42 Å². The molecule has 9 heteroatoms. The van der Waals surface area contributed by atoms with Crippen molar-refractivity contribution in [3.8, 4) is 5.75 Å². The number of nitrogens with one attached hydrogen (secondary N) is 1. The van der Waals surface area contributed by atoms with Crippen LogP contribution in [0.4, 0.5) is 0 Å². The largest absolute Gasteiger partial charge is 0.491 e. The first-order valence-corrected chi connectivity index (χ1v) is 8.06. The highest BCUT2D eigenvalue weighted by Gasteiger charge is 2.31. The van der Waals surface area contributed by atoms with Crippen LogP contribution in [0.2, 0.25) is 0 Å². The van der Waals surface area contributed by atoms with Crippen LogP contribution in [0.25, 0.3) is 0 Å². The lowest BCUT2D eigenvalue weighted by Crippen LogP contribution is -2.31. The fraction of sp³-hybridized carbons (Fsp3) is 0.273. The molecule has 0 amide bonds. The molecule has 1 aliphatic heterocycles. The van der Waals surface area contributed by atoms with Crippen LogP contribution in [0.1, 0.15) is 11.6 Å². The lowest BCUT2D eigenvalue weighted by molar-refractivity contribution is 0.325. The highest BCUT2D eigenvalue weighted by molar-refractivity contribution is 9.10. The van der Waals surface area contributed by atoms with Crippen molar-refractivity contribution >= 4 is 26.0 Å². The lowest BCUT2D eigenvalue weighted by Gasteiger charge is -2.12. The molecule has 7 nitrogen and oxygen atoms in total. The molecule has 0 fully saturated rings. The van der Waals surface area contributed by atoms with Gasteiger partial charge in [0.1, 0.15) is 12.4 Å². The molecule has 1 unspecified atom stereocenters. The third-order valence-electron chi connectivity index (χ3n) is 2.99. The molecule has 1 aromatic heterocycles. The van der Waals surface area contributed by atoms with Crippen LogP contribution in [0.5, 0.6) is 5.75 Å². The number of hydrogen-bond acceptors (Lipinski definition) is 5. The van der Waals surface area contributed by atoms with Crippen molar-refractivity contribution in [1.29, 1.82) is 0 Å². The summed E-state index contributed by atoms with van der Waals surface area (Å²) in [4.78, 5) is 0. The molecule has 0 spiro atoms. The average molecular weight is 359 g/mol. The number of sulfonamides is 1. The fourth-order valence-electron chi connectivity index (χ4n) is 2.11. The van der Waals surface area contributed by atoms with Gasteiger partial charge in [-0.25, -0.2) is 13.1 Å². The quantitative estimate of drug-likeness (QED) is 0.883. The second-order valence-electron chi connectivity index (χ2n) is 4.33. The Morgan fingerprint density at radius 1 is 1.45 bits per heavy atom. The van der Waals surface area contributed by atoms with Gasteiger partial charge in [-0.15, -0.1) is 5.10 Å². The molecular weight excluding hydrogens is 348 g/mol. The van der Waals surface area contributed by atoms with E-state index in [-0.39, 0.29) is 16.2 Å². The molecule has 0 saturated carbocycles. The number of para-hydroxylation sites is 1. The van der Waals surface area contributed by atoms with E-state index in [0.29, 0.717) is 5.75 Å². The molecule has 1 N–H and O–H groups in total. The Bertz CT molecular complexity index is 739. The first-order chi connectivity index (χ1) is 9.49. The van der Waals surface area contributed by atoms with Crippen LogP contribution in [0, 0.1) is 0 Å². The molecule has 106 valence electrons. The van der Waals surface area contributed by atoms with E-state index < -0.39 is 16.1 Å². The predicted octanol–water partition coefficient (Wildman–Crippen LogP) is 0.990. The van der Waals surface area contributed by atoms with Gasteiger partial charge in [0, 0.05) is 12.6 Å². The lowest BCUT2D eigenvalue weighted by atomic mass is 10.1. The Labute approximate surface area is 124 Å². The Kier molecular flexibility index (Phi) is 3.27. The Morgan fingerprint density at radius 3 is 2.90 bits per heavy atom. The second kappa shape index (κ2) is 4.83. The molecule has 1 aromatic carbocycles. The van der Waals surface area contributed by atoms with E-state index in [4.69, 9.17) is 4.74 Å². The number of nitrogens with zero attached hydrogens (tertiary/aromatic N) is 3. The average Bonchev–Trinajstić information content (AvgIpc) is 2.94. The highest BCUT2D eigenvalue weighted by atomic mass is 79.9. The van der Waals surface area contributed by atoms with Gasteiger partial charge < -0.3 is 4.74 Å². The summed E-state index contributed by atoms with van der Waals surface area (Å²) in [6.07, 6.45) is 0. The van der Waals surface area contributed by atoms with Gasteiger partial charge in [0.05, 0.1) is 6.04 Å². The van der Waals surface area contributed by atoms with Crippen molar-refractivity contribution in [1.82, 2.24) is 19.7 Å². The van der Waals surface area contributed by atoms with Crippen LogP contribution in [-0.4, -0.2) is 30.0 Å². The number of ether oxygens (including phenoxy) is 1. The Balaban J connectivity index is 1.93. The maximum Gasteiger partial charge on any atom is 0.261 e. The van der Waals surface area contributed by atoms with E-state index in [2.05, 4.69) is 31.0 Å². The highest BCUT2D eigenvalue weighted by Crippen LogP contribution is 2.33.